The Labute approximate surface area is 896 Å². The predicted octanol–water partition coefficient (Wildman–Crippen LogP) is 24.0. The molecular weight excluding hydrogens is 2030 g/mol. The molecule has 0 bridgehead atoms. The van der Waals surface area contributed by atoms with E-state index >= 15 is 0 Å². The number of nitrogens with two attached hydrogens (primary N) is 1. The number of rotatable bonds is 20. The lowest BCUT2D eigenvalue weighted by Gasteiger charge is -2.45. The van der Waals surface area contributed by atoms with Gasteiger partial charge in [0, 0.05) is 127 Å². The summed E-state index contributed by atoms with van der Waals surface area (Å²) in [6.07, 6.45) is 18.9. The van der Waals surface area contributed by atoms with Crippen molar-refractivity contribution in [3.05, 3.63) is 126 Å². The normalized spacial score (nSPS) is 22.9. The number of ether oxygens (including phenoxy) is 6. The van der Waals surface area contributed by atoms with Crippen LogP contribution in [0.25, 0.3) is 0 Å². The molecule has 12 atom stereocenters. The lowest BCUT2D eigenvalue weighted by atomic mass is 9.81. The number of carbonyl (C=O) groups is 4. The second-order valence-electron chi connectivity index (χ2n) is 43.7. The van der Waals surface area contributed by atoms with Gasteiger partial charge in [-0.1, -0.05) is 102 Å². The number of aromatic nitrogens is 8. The molecule has 31 nitrogen and oxygen atoms in total. The molecule has 0 spiro atoms. The monoisotopic (exact) mass is 2200 g/mol. The minimum Gasteiger partial charge on any atom is -0.505 e. The Bertz CT molecular complexity index is 4870. The van der Waals surface area contributed by atoms with Gasteiger partial charge in [0.05, 0.1) is 75.4 Å². The Morgan fingerprint density at radius 2 is 0.705 bits per heavy atom. The van der Waals surface area contributed by atoms with Crippen LogP contribution >= 0.6 is 27.5 Å². The first-order chi connectivity index (χ1) is 70.3. The van der Waals surface area contributed by atoms with Crippen LogP contribution in [0.2, 0.25) is 5.28 Å². The maximum atomic E-state index is 12.9. The Kier molecular flexibility index (Phi) is 50.1. The third-order valence-corrected chi connectivity index (χ3v) is 27.2. The summed E-state index contributed by atoms with van der Waals surface area (Å²) in [7, 11) is -2.91. The highest BCUT2D eigenvalue weighted by Gasteiger charge is 2.54. The highest BCUT2D eigenvalue weighted by atomic mass is 79.9. The van der Waals surface area contributed by atoms with Gasteiger partial charge >= 0.3 is 51.0 Å². The average molecular weight is 2200 g/mol. The third kappa shape index (κ3) is 42.0. The van der Waals surface area contributed by atoms with Gasteiger partial charge in [-0.3, -0.25) is 8.78 Å². The molecule has 7 aliphatic rings. The first kappa shape index (κ1) is 127. The molecule has 0 saturated carbocycles. The number of piperidine rings is 4. The Balaban J connectivity index is 0.000000318. The van der Waals surface area contributed by atoms with E-state index in [-0.39, 0.29) is 136 Å². The summed E-state index contributed by atoms with van der Waals surface area (Å²) >= 11 is 8.45. The number of nitrogens with one attached hydrogen (secondary N) is 3. The van der Waals surface area contributed by atoms with E-state index in [2.05, 4.69) is 127 Å². The summed E-state index contributed by atoms with van der Waals surface area (Å²) in [6, 6.07) is 13.4. The molecule has 4 amide bonds. The van der Waals surface area contributed by atoms with Gasteiger partial charge in [0.25, 0.3) is 0 Å². The van der Waals surface area contributed by atoms with Crippen molar-refractivity contribution in [2.45, 2.75) is 451 Å². The lowest BCUT2D eigenvalue weighted by Crippen LogP contribution is -2.55. The summed E-state index contributed by atoms with van der Waals surface area (Å²) in [5, 5.41) is 19.7. The molecule has 6 N–H and O–H groups in total. The van der Waals surface area contributed by atoms with Crippen molar-refractivity contribution in [3.8, 4) is 11.5 Å². The first-order valence-electron chi connectivity index (χ1n) is 53.0. The Morgan fingerprint density at radius 3 is 0.953 bits per heavy atom. The number of anilines is 3. The highest BCUT2D eigenvalue weighted by Crippen LogP contribution is 2.42. The van der Waals surface area contributed by atoms with Gasteiger partial charge in [-0.2, -0.15) is 26.3 Å². The van der Waals surface area contributed by atoms with Gasteiger partial charge in [-0.05, 0) is 295 Å². The quantitative estimate of drug-likeness (QED) is 0.0156. The zero-order valence-electron chi connectivity index (χ0n) is 94.7. The fraction of sp³-hybridized carbons (Fsp3) is 0.698. The number of hydrogen-bond acceptors (Lipinski definition) is 27. The molecule has 149 heavy (non-hydrogen) atoms. The first-order valence-corrected chi connectivity index (χ1v) is 53.1. The van der Waals surface area contributed by atoms with Crippen molar-refractivity contribution in [1.82, 2.24) is 59.5 Å². The van der Waals surface area contributed by atoms with Crippen molar-refractivity contribution in [2.75, 3.05) is 43.5 Å². The van der Waals surface area contributed by atoms with E-state index in [0.29, 0.717) is 42.3 Å². The largest absolute Gasteiger partial charge is 0.505 e. The number of alkyl halides is 9. The number of carbonyl (C=O) groups excluding carboxylic acids is 4. The fourth-order valence-electron chi connectivity index (χ4n) is 17.6. The summed E-state index contributed by atoms with van der Waals surface area (Å²) < 4.78 is 162. The van der Waals surface area contributed by atoms with Crippen molar-refractivity contribution >= 4 is 94.9 Å². The number of aromatic hydroxyl groups is 1. The lowest BCUT2D eigenvalue weighted by molar-refractivity contribution is -0.143. The summed E-state index contributed by atoms with van der Waals surface area (Å²) in [5.74, 6) is 2.34. The number of nitrogens with zero attached hydrogens (tertiary/aromatic N) is 12. The standard InChI is InChI=1S/C25H36N4O3.C24H41BN4O4.C18H30N4O3.C14H28N2O2.C10H14BClN2O2.C9H5BrF6.C4H8O.2CH3F/c1-6-20-13-19(14-21(7-2)29(20)24(30)32-25(3,4)5)28-23-26-15-22(16-27-23)31-17-18-11-9-8-10-12-18;1-10-18-12-17(13-19(11-2)29(18)21(30)31-22(3,4)5)28-20-26-14-16(15-27-20)25-32-23(6,7)24(8,9)33-25;1-6-13-8-12(21-16-19-10-15(23)11-20-16)9-14(7-2)22(13)17(24)25-18(3,4)5;1-6-11-8-10(15)9-12(7-2)16(11)13(17)18-14(3,4)5;1-9(2)10(3,4)16-11(15-9)7-5-13-8(12)14-6-7;10-4-5-1-6(8(11,12)13)3-7(2-5)9(14,15)16;1-2-4-5-3-1;2*1-2/h8-12,15-16,19-21H,6-7,13-14,17H2,1-5H3,(H,26,27,28);14-15,17-19H,10-13H2,1-9H3,(H,26,27,28);10-14,23H,6-9H2,1-5H3,(H,19,20,21);10-12H,6-9,15H2,1-5H3;5-6H,1-4H3;1-3H,4H2;1-4H2;2*1H3/t19?,20-,21+;17?,18-,19+;12?,13-,14+;10?,11-,12+;;;;;/i;;;;;;;2*1D. The van der Waals surface area contributed by atoms with Gasteiger partial charge in [-0.15, -0.1) is 0 Å². The van der Waals surface area contributed by atoms with Crippen LogP contribution < -0.4 is 37.3 Å². The molecule has 4 aromatic heterocycles. The number of likely N-dealkylation sites (tertiary alicyclic amines) is 4. The van der Waals surface area contributed by atoms with Crippen LogP contribution in [0.3, 0.4) is 0 Å². The van der Waals surface area contributed by atoms with Crippen molar-refractivity contribution < 1.29 is 109 Å². The second-order valence-corrected chi connectivity index (χ2v) is 44.6. The maximum absolute atomic E-state index is 12.9. The highest BCUT2D eigenvalue weighted by molar-refractivity contribution is 9.08. The van der Waals surface area contributed by atoms with Gasteiger partial charge in [0.15, 0.2) is 11.5 Å². The molecule has 4 unspecified atom stereocenters. The SMILES string of the molecule is C1CCOC1.CC1(C)OB(c2cnc(Cl)nc2)OC1(C)C.CC[C@@H]1CC(N)C[C@H](CC)N1C(=O)OC(C)(C)C.CC[C@@H]1CC(Nc2ncc(B3OC(C)(C)C(C)(C)O3)cn2)C[C@H](CC)N1C(=O)OC(C)(C)C.CC[C@@H]1CC(Nc2ncc(O)cn2)C[C@H](CC)N1C(=O)OC(C)(C)C.CC[C@@H]1CC(Nc2ncc(OCc3ccccc3)cn2)C[C@H](CC)N1C(=O)OC(C)(C)C.FC(F)(F)c1cc(CBr)cc(C(F)(F)F)c1.[2H]CF.[2H]CF. The van der Waals surface area contributed by atoms with Crippen LogP contribution in [-0.2, 0) is 66.6 Å². The third-order valence-electron chi connectivity index (χ3n) is 26.3. The molecular formula is C106H168B2BrClF8N16O15. The van der Waals surface area contributed by atoms with Crippen molar-refractivity contribution in [3.63, 3.8) is 0 Å². The zero-order chi connectivity index (χ0) is 114. The number of benzene rings is 2. The van der Waals surface area contributed by atoms with E-state index in [1.54, 1.807) is 37.2 Å². The van der Waals surface area contributed by atoms with Crippen LogP contribution in [0, 0.1) is 0 Å². The molecule has 7 fully saturated rings. The zero-order valence-corrected chi connectivity index (χ0v) is 95.0. The van der Waals surface area contributed by atoms with Crippen LogP contribution in [-0.4, -0.2) is 248 Å². The number of amides is 4. The van der Waals surface area contributed by atoms with Gasteiger partial charge < -0.3 is 93.4 Å². The van der Waals surface area contributed by atoms with E-state index in [4.69, 9.17) is 67.1 Å². The summed E-state index contributed by atoms with van der Waals surface area (Å²) in [5.41, 5.74) is 2.66. The molecule has 7 aliphatic heterocycles. The second kappa shape index (κ2) is 58.9. The molecule has 43 heteroatoms. The molecule has 11 heterocycles. The topological polar surface area (TPSA) is 359 Å². The van der Waals surface area contributed by atoms with E-state index in [9.17, 15) is 59.4 Å². The van der Waals surface area contributed by atoms with E-state index in [0.717, 1.165) is 132 Å². The van der Waals surface area contributed by atoms with Crippen LogP contribution in [0.1, 0.15) is 334 Å². The molecule has 0 radical (unpaired) electrons. The molecule has 7 saturated heterocycles. The number of halogens is 10. The maximum Gasteiger partial charge on any atom is 0.498 e. The van der Waals surface area contributed by atoms with E-state index < -0.39 is 85.6 Å². The fourth-order valence-corrected chi connectivity index (χ4v) is 18.0. The smallest absolute Gasteiger partial charge is 0.498 e. The Hall–Kier alpha value is -9.06. The van der Waals surface area contributed by atoms with Crippen molar-refractivity contribution in [2.24, 2.45) is 5.73 Å². The molecule has 2 aromatic carbocycles. The Morgan fingerprint density at radius 1 is 0.443 bits per heavy atom. The minimum absolute atomic E-state index is 0.0446. The van der Waals surface area contributed by atoms with E-state index in [1.807, 2.05) is 188 Å². The van der Waals surface area contributed by atoms with Crippen molar-refractivity contribution in [1.29, 1.82) is 0 Å². The minimum atomic E-state index is -4.78. The number of hydrogen-bond donors (Lipinski definition) is 5. The van der Waals surface area contributed by atoms with Gasteiger partial charge in [0.2, 0.25) is 23.1 Å². The van der Waals surface area contributed by atoms with Crippen LogP contribution in [0.15, 0.2) is 98.1 Å². The molecule has 838 valence electrons. The average Bonchev–Trinajstić information content (AvgIpc) is 1.59. The van der Waals surface area contributed by atoms with Crippen LogP contribution in [0.5, 0.6) is 11.5 Å². The van der Waals surface area contributed by atoms with E-state index in [1.165, 1.54) is 25.2 Å². The summed E-state index contributed by atoms with van der Waals surface area (Å²) in [4.78, 5) is 92.5. The van der Waals surface area contributed by atoms with Gasteiger partial charge in [-0.25, -0.2) is 59.0 Å². The molecule has 13 rings (SSSR count). The van der Waals surface area contributed by atoms with Gasteiger partial charge in [0.1, 0.15) is 29.0 Å². The molecule has 6 aromatic rings. The predicted molar refractivity (Wildman–Crippen MR) is 572 cm³/mol. The molecule has 0 aliphatic carbocycles. The summed E-state index contributed by atoms with van der Waals surface area (Å²) in [6.45, 7) is 58.3. The van der Waals surface area contributed by atoms with Crippen LogP contribution in [0.4, 0.5) is 72.1 Å².